The molecule has 0 bridgehead atoms. The molecule has 0 aliphatic carbocycles. The van der Waals surface area contributed by atoms with Crippen LogP contribution in [0.25, 0.3) is 0 Å². The number of ether oxygens (including phenoxy) is 3. The maximum absolute atomic E-state index is 12.8. The molecular weight excluding hydrogens is 745 g/mol. The number of hydrogen-bond acceptors (Lipinski definition) is 6. The number of carbonyl (C=O) groups excluding carboxylic acids is 3. The van der Waals surface area contributed by atoms with Crippen molar-refractivity contribution in [2.75, 3.05) is 13.2 Å². The van der Waals surface area contributed by atoms with E-state index in [1.165, 1.54) is 77.0 Å². The van der Waals surface area contributed by atoms with Crippen molar-refractivity contribution in [2.24, 2.45) is 0 Å². The molecule has 0 aromatic carbocycles. The monoisotopic (exact) mass is 837 g/mol. The minimum absolute atomic E-state index is 0.0914. The van der Waals surface area contributed by atoms with E-state index < -0.39 is 6.10 Å². The average Bonchev–Trinajstić information content (AvgIpc) is 3.24. The van der Waals surface area contributed by atoms with Crippen molar-refractivity contribution in [3.05, 3.63) is 72.9 Å². The second-order valence-electron chi connectivity index (χ2n) is 16.3. The minimum atomic E-state index is -0.791. The van der Waals surface area contributed by atoms with Crippen LogP contribution in [-0.4, -0.2) is 37.2 Å². The number of carbonyl (C=O) groups is 3. The van der Waals surface area contributed by atoms with Crippen LogP contribution in [0.5, 0.6) is 0 Å². The molecule has 0 heterocycles. The second-order valence-corrected chi connectivity index (χ2v) is 16.3. The fraction of sp³-hybridized carbons (Fsp3) is 0.722. The lowest BCUT2D eigenvalue weighted by Crippen LogP contribution is -2.30. The van der Waals surface area contributed by atoms with Crippen LogP contribution in [0.3, 0.4) is 0 Å². The van der Waals surface area contributed by atoms with Crippen molar-refractivity contribution in [1.82, 2.24) is 0 Å². The van der Waals surface area contributed by atoms with Crippen LogP contribution >= 0.6 is 0 Å². The van der Waals surface area contributed by atoms with Gasteiger partial charge in [0, 0.05) is 19.3 Å². The van der Waals surface area contributed by atoms with Crippen LogP contribution in [0.15, 0.2) is 72.9 Å². The predicted molar refractivity (Wildman–Crippen MR) is 256 cm³/mol. The molecule has 0 fully saturated rings. The van der Waals surface area contributed by atoms with Gasteiger partial charge in [-0.25, -0.2) is 0 Å². The highest BCUT2D eigenvalue weighted by Crippen LogP contribution is 2.13. The molecule has 0 spiro atoms. The minimum Gasteiger partial charge on any atom is -0.462 e. The fourth-order valence-electron chi connectivity index (χ4n) is 6.66. The molecule has 0 saturated carbocycles. The summed E-state index contributed by atoms with van der Waals surface area (Å²) in [6.45, 7) is 6.44. The molecule has 1 atom stereocenters. The van der Waals surface area contributed by atoms with Crippen molar-refractivity contribution in [2.45, 2.75) is 239 Å². The Morgan fingerprint density at radius 3 is 1.07 bits per heavy atom. The Hall–Kier alpha value is -3.15. The molecule has 0 aromatic rings. The summed E-state index contributed by atoms with van der Waals surface area (Å²) < 4.78 is 16.7. The molecule has 0 N–H and O–H groups in total. The molecule has 0 aromatic heterocycles. The second kappa shape index (κ2) is 48.5. The Morgan fingerprint density at radius 1 is 0.350 bits per heavy atom. The molecule has 344 valence electrons. The van der Waals surface area contributed by atoms with E-state index in [9.17, 15) is 14.4 Å². The summed E-state index contributed by atoms with van der Waals surface area (Å²) in [7, 11) is 0. The summed E-state index contributed by atoms with van der Waals surface area (Å²) in [6, 6.07) is 0. The van der Waals surface area contributed by atoms with E-state index in [4.69, 9.17) is 14.2 Å². The Balaban J connectivity index is 4.44. The van der Waals surface area contributed by atoms with Gasteiger partial charge in [-0.3, -0.25) is 14.4 Å². The molecule has 0 aliphatic heterocycles. The summed E-state index contributed by atoms with van der Waals surface area (Å²) >= 11 is 0. The van der Waals surface area contributed by atoms with Crippen LogP contribution in [0.1, 0.15) is 233 Å². The molecule has 1 unspecified atom stereocenters. The summed E-state index contributed by atoms with van der Waals surface area (Å²) in [5, 5.41) is 0. The molecule has 0 saturated heterocycles. The average molecular weight is 837 g/mol. The number of hydrogen-bond donors (Lipinski definition) is 0. The highest BCUT2D eigenvalue weighted by atomic mass is 16.6. The van der Waals surface area contributed by atoms with Gasteiger partial charge in [-0.05, 0) is 109 Å². The van der Waals surface area contributed by atoms with Crippen molar-refractivity contribution < 1.29 is 28.6 Å². The quantitative estimate of drug-likeness (QED) is 0.0263. The van der Waals surface area contributed by atoms with E-state index in [0.29, 0.717) is 19.3 Å². The van der Waals surface area contributed by atoms with Gasteiger partial charge in [-0.15, -0.1) is 0 Å². The molecule has 60 heavy (non-hydrogen) atoms. The largest absolute Gasteiger partial charge is 0.462 e. The Morgan fingerprint density at radius 2 is 0.650 bits per heavy atom. The summed E-state index contributed by atoms with van der Waals surface area (Å²) in [5.74, 6) is -0.934. The van der Waals surface area contributed by atoms with Crippen molar-refractivity contribution in [3.63, 3.8) is 0 Å². The number of allylic oxidation sites excluding steroid dienone is 12. The van der Waals surface area contributed by atoms with Crippen molar-refractivity contribution >= 4 is 17.9 Å². The van der Waals surface area contributed by atoms with Gasteiger partial charge in [0.1, 0.15) is 13.2 Å². The number of rotatable bonds is 44. The lowest BCUT2D eigenvalue weighted by Gasteiger charge is -2.18. The molecular formula is C54H92O6. The topological polar surface area (TPSA) is 78.9 Å². The normalized spacial score (nSPS) is 12.7. The first-order valence-electron chi connectivity index (χ1n) is 24.9. The van der Waals surface area contributed by atoms with Gasteiger partial charge in [0.25, 0.3) is 0 Å². The first-order valence-corrected chi connectivity index (χ1v) is 24.9. The zero-order chi connectivity index (χ0) is 43.7. The predicted octanol–water partition coefficient (Wildman–Crippen LogP) is 16.3. The fourth-order valence-corrected chi connectivity index (χ4v) is 6.66. The van der Waals surface area contributed by atoms with Gasteiger partial charge < -0.3 is 14.2 Å². The van der Waals surface area contributed by atoms with Crippen LogP contribution in [0.2, 0.25) is 0 Å². The van der Waals surface area contributed by atoms with Gasteiger partial charge in [-0.2, -0.15) is 0 Å². The summed E-state index contributed by atoms with van der Waals surface area (Å²) in [6.07, 6.45) is 60.2. The number of esters is 3. The third-order valence-corrected chi connectivity index (χ3v) is 10.4. The maximum atomic E-state index is 12.8. The lowest BCUT2D eigenvalue weighted by atomic mass is 10.1. The van der Waals surface area contributed by atoms with Gasteiger partial charge in [0.05, 0.1) is 0 Å². The lowest BCUT2D eigenvalue weighted by molar-refractivity contribution is -0.167. The molecule has 0 rings (SSSR count). The first-order chi connectivity index (χ1) is 29.5. The maximum Gasteiger partial charge on any atom is 0.306 e. The van der Waals surface area contributed by atoms with Gasteiger partial charge in [0.2, 0.25) is 0 Å². The van der Waals surface area contributed by atoms with Gasteiger partial charge in [0.15, 0.2) is 6.10 Å². The van der Waals surface area contributed by atoms with Crippen LogP contribution in [-0.2, 0) is 28.6 Å². The third kappa shape index (κ3) is 45.9. The van der Waals surface area contributed by atoms with Crippen LogP contribution < -0.4 is 0 Å². The van der Waals surface area contributed by atoms with Crippen molar-refractivity contribution in [3.8, 4) is 0 Å². The molecule has 6 heteroatoms. The Kier molecular flexibility index (Phi) is 46.0. The van der Waals surface area contributed by atoms with Gasteiger partial charge >= 0.3 is 17.9 Å². The smallest absolute Gasteiger partial charge is 0.306 e. The summed E-state index contributed by atoms with van der Waals surface area (Å²) in [4.78, 5) is 37.9. The van der Waals surface area contributed by atoms with Crippen LogP contribution in [0, 0.1) is 0 Å². The number of unbranched alkanes of at least 4 members (excludes halogenated alkanes) is 21. The van der Waals surface area contributed by atoms with E-state index in [1.54, 1.807) is 0 Å². The first kappa shape index (κ1) is 56.9. The van der Waals surface area contributed by atoms with E-state index in [2.05, 4.69) is 93.7 Å². The standard InChI is InChI=1S/C54H92O6/c1-4-7-10-13-16-19-22-25-26-27-28-30-32-35-38-41-44-47-53(56)59-50-51(49-58-52(55)46-43-40-37-34-31-24-21-18-15-12-9-6-3)60-54(57)48-45-42-39-36-33-29-23-20-17-14-11-8-5-2/h7,10,16,18-21,23,25-26,28,30,51H,4-6,8-9,11-15,17,22,24,27,29,31-50H2,1-3H3/b10-7-,19-16-,21-18-,23-20-,26-25-,30-28-. The molecule has 0 aliphatic rings. The highest BCUT2D eigenvalue weighted by Gasteiger charge is 2.19. The third-order valence-electron chi connectivity index (χ3n) is 10.4. The van der Waals surface area contributed by atoms with E-state index in [1.807, 2.05) is 0 Å². The van der Waals surface area contributed by atoms with E-state index in [-0.39, 0.29) is 31.1 Å². The molecule has 0 radical (unpaired) electrons. The zero-order valence-corrected chi connectivity index (χ0v) is 39.2. The molecule has 0 amide bonds. The Bertz CT molecular complexity index is 1140. The molecule has 6 nitrogen and oxygen atoms in total. The summed E-state index contributed by atoms with van der Waals surface area (Å²) in [5.41, 5.74) is 0. The SMILES string of the molecule is CC/C=C\C/C=C\C/C=C\C/C=C\CCCCCCC(=O)OCC(COC(=O)CCCCCCC/C=C\CCCCC)OC(=O)CCCCCCC/C=C\CCCCCC. The highest BCUT2D eigenvalue weighted by molar-refractivity contribution is 5.71. The van der Waals surface area contributed by atoms with E-state index in [0.717, 1.165) is 116 Å². The van der Waals surface area contributed by atoms with E-state index >= 15 is 0 Å². The van der Waals surface area contributed by atoms with Crippen LogP contribution in [0.4, 0.5) is 0 Å². The van der Waals surface area contributed by atoms with Crippen molar-refractivity contribution in [1.29, 1.82) is 0 Å². The Labute approximate surface area is 370 Å². The zero-order valence-electron chi connectivity index (χ0n) is 39.2. The van der Waals surface area contributed by atoms with Gasteiger partial charge in [-0.1, -0.05) is 177 Å².